The molecule has 1 fully saturated rings. The number of anilines is 2. The normalized spacial score (nSPS) is 17.1. The van der Waals surface area contributed by atoms with Crippen molar-refractivity contribution in [2.45, 2.75) is 48.1 Å². The first-order valence-electron chi connectivity index (χ1n) is 11.7. The molecule has 7 nitrogen and oxygen atoms in total. The maximum atomic E-state index is 13.2. The smallest absolute Gasteiger partial charge is 0.313 e. The van der Waals surface area contributed by atoms with Crippen molar-refractivity contribution in [3.8, 4) is 0 Å². The van der Waals surface area contributed by atoms with Crippen molar-refractivity contribution in [1.82, 2.24) is 5.32 Å². The Morgan fingerprint density at radius 1 is 0.971 bits per heavy atom. The number of aryl methyl sites for hydroxylation is 1. The highest BCUT2D eigenvalue weighted by Crippen LogP contribution is 2.42. The summed E-state index contributed by atoms with van der Waals surface area (Å²) >= 11 is 2.87. The van der Waals surface area contributed by atoms with Gasteiger partial charge in [0.2, 0.25) is 0 Å². The van der Waals surface area contributed by atoms with E-state index in [1.54, 1.807) is 41.0 Å². The van der Waals surface area contributed by atoms with E-state index in [0.717, 1.165) is 44.1 Å². The molecule has 0 unspecified atom stereocenters. The molecule has 1 aromatic carbocycles. The molecule has 5 rings (SSSR count). The lowest BCUT2D eigenvalue weighted by Gasteiger charge is -2.30. The number of hydrogen-bond acceptors (Lipinski definition) is 6. The fraction of sp³-hybridized carbons (Fsp3) is 0.360. The van der Waals surface area contributed by atoms with Crippen LogP contribution in [0.1, 0.15) is 42.5 Å². The third-order valence-corrected chi connectivity index (χ3v) is 11.2. The molecule has 3 heterocycles. The molecule has 1 aliphatic heterocycles. The molecule has 0 radical (unpaired) electrons. The Morgan fingerprint density at radius 3 is 2.46 bits per heavy atom. The van der Waals surface area contributed by atoms with E-state index >= 15 is 0 Å². The number of fused-ring (bicyclic) bond motifs is 1. The van der Waals surface area contributed by atoms with Gasteiger partial charge in [0.15, 0.2) is 0 Å². The Balaban J connectivity index is 1.29. The maximum absolute atomic E-state index is 13.2. The molecule has 10 heteroatoms. The lowest BCUT2D eigenvalue weighted by atomic mass is 9.84. The van der Waals surface area contributed by atoms with Gasteiger partial charge in [0.05, 0.1) is 5.69 Å². The summed E-state index contributed by atoms with van der Waals surface area (Å²) in [5.74, 6) is -1.44. The summed E-state index contributed by atoms with van der Waals surface area (Å²) in [5.41, 5.74) is 1.74. The minimum Gasteiger partial charge on any atom is -0.347 e. The van der Waals surface area contributed by atoms with Crippen LogP contribution >= 0.6 is 22.7 Å². The van der Waals surface area contributed by atoms with E-state index in [2.05, 4.69) is 16.7 Å². The SMILES string of the molecule is O=C(NCC1(c2cccs2)CCCC1)C(=O)Nc1ccc2c(c1)N(S(=O)(=O)c1cccs1)CCC2. The summed E-state index contributed by atoms with van der Waals surface area (Å²) in [4.78, 5) is 26.6. The fourth-order valence-electron chi connectivity index (χ4n) is 5.05. The Morgan fingerprint density at radius 2 is 1.74 bits per heavy atom. The van der Waals surface area contributed by atoms with Crippen LogP contribution in [-0.4, -0.2) is 33.3 Å². The zero-order valence-electron chi connectivity index (χ0n) is 19.2. The summed E-state index contributed by atoms with van der Waals surface area (Å²) in [7, 11) is -3.68. The first kappa shape index (κ1) is 24.0. The molecule has 0 saturated heterocycles. The molecule has 0 atom stereocenters. The van der Waals surface area contributed by atoms with Crippen molar-refractivity contribution < 1.29 is 18.0 Å². The van der Waals surface area contributed by atoms with Gasteiger partial charge in [0.25, 0.3) is 10.0 Å². The number of rotatable bonds is 6. The quantitative estimate of drug-likeness (QED) is 0.459. The van der Waals surface area contributed by atoms with Crippen LogP contribution in [0.4, 0.5) is 11.4 Å². The van der Waals surface area contributed by atoms with E-state index in [-0.39, 0.29) is 9.62 Å². The second kappa shape index (κ2) is 9.75. The molecule has 1 saturated carbocycles. The van der Waals surface area contributed by atoms with Crippen LogP contribution in [0.3, 0.4) is 0 Å². The van der Waals surface area contributed by atoms with E-state index < -0.39 is 21.8 Å². The second-order valence-electron chi connectivity index (χ2n) is 9.06. The largest absolute Gasteiger partial charge is 0.347 e. The second-order valence-corrected chi connectivity index (χ2v) is 13.0. The maximum Gasteiger partial charge on any atom is 0.313 e. The lowest BCUT2D eigenvalue weighted by molar-refractivity contribution is -0.136. The third-order valence-electron chi connectivity index (χ3n) is 6.86. The fourth-order valence-corrected chi connectivity index (χ4v) is 8.67. The highest BCUT2D eigenvalue weighted by molar-refractivity contribution is 7.94. The first-order valence-corrected chi connectivity index (χ1v) is 14.9. The number of carbonyl (C=O) groups is 2. The summed E-state index contributed by atoms with van der Waals surface area (Å²) in [5, 5.41) is 9.27. The van der Waals surface area contributed by atoms with Crippen LogP contribution in [0.15, 0.2) is 57.4 Å². The average Bonchev–Trinajstić information content (AvgIpc) is 3.64. The Kier molecular flexibility index (Phi) is 6.69. The number of amides is 2. The van der Waals surface area contributed by atoms with Crippen molar-refractivity contribution >= 4 is 55.9 Å². The van der Waals surface area contributed by atoms with Crippen molar-refractivity contribution in [2.75, 3.05) is 22.7 Å². The molecular weight excluding hydrogens is 502 g/mol. The number of hydrogen-bond donors (Lipinski definition) is 2. The number of sulfonamides is 1. The van der Waals surface area contributed by atoms with Gasteiger partial charge in [-0.05, 0) is 66.3 Å². The van der Waals surface area contributed by atoms with Crippen LogP contribution in [0, 0.1) is 0 Å². The van der Waals surface area contributed by atoms with Crippen molar-refractivity contribution in [3.05, 3.63) is 63.7 Å². The molecule has 1 aliphatic carbocycles. The monoisotopic (exact) mass is 529 g/mol. The highest BCUT2D eigenvalue weighted by atomic mass is 32.2. The predicted octanol–water partition coefficient (Wildman–Crippen LogP) is 4.52. The lowest BCUT2D eigenvalue weighted by Crippen LogP contribution is -2.43. The molecule has 2 N–H and O–H groups in total. The van der Waals surface area contributed by atoms with Crippen molar-refractivity contribution in [2.24, 2.45) is 0 Å². The standard InChI is InChI=1S/C25H27N3O4S3/c29-23(26-17-25(11-1-2-12-25)21-7-4-14-33-21)24(30)27-19-10-9-18-6-3-13-28(20(18)16-19)35(31,32)22-8-5-15-34-22/h4-5,7-10,14-16H,1-3,6,11-13,17H2,(H,26,29)(H,27,30). The Bertz CT molecular complexity index is 1310. The van der Waals surface area contributed by atoms with Gasteiger partial charge < -0.3 is 10.6 Å². The zero-order valence-corrected chi connectivity index (χ0v) is 21.6. The Hall–Kier alpha value is -2.69. The molecule has 0 bridgehead atoms. The van der Waals surface area contributed by atoms with Gasteiger partial charge in [0.1, 0.15) is 4.21 Å². The minimum atomic E-state index is -3.68. The summed E-state index contributed by atoms with van der Waals surface area (Å²) < 4.78 is 28.0. The highest BCUT2D eigenvalue weighted by Gasteiger charge is 2.37. The Labute approximate surface area is 213 Å². The molecule has 2 amide bonds. The molecule has 2 aliphatic rings. The van der Waals surface area contributed by atoms with Gasteiger partial charge in [0, 0.05) is 29.1 Å². The van der Waals surface area contributed by atoms with Gasteiger partial charge in [-0.3, -0.25) is 13.9 Å². The number of thiophene rings is 2. The number of nitrogens with zero attached hydrogens (tertiary/aromatic N) is 1. The van der Waals surface area contributed by atoms with Crippen LogP contribution in [-0.2, 0) is 31.4 Å². The minimum absolute atomic E-state index is 0.105. The summed E-state index contributed by atoms with van der Waals surface area (Å²) in [6.45, 7) is 0.798. The van der Waals surface area contributed by atoms with Crippen LogP contribution < -0.4 is 14.9 Å². The van der Waals surface area contributed by atoms with Crippen molar-refractivity contribution in [1.29, 1.82) is 0 Å². The van der Waals surface area contributed by atoms with Crippen molar-refractivity contribution in [3.63, 3.8) is 0 Å². The first-order chi connectivity index (χ1) is 16.9. The van der Waals surface area contributed by atoms with E-state index in [4.69, 9.17) is 0 Å². The summed E-state index contributed by atoms with van der Waals surface area (Å²) in [6.07, 6.45) is 5.69. The molecule has 3 aromatic rings. The molecular formula is C25H27N3O4S3. The van der Waals surface area contributed by atoms with Gasteiger partial charge in [-0.2, -0.15) is 0 Å². The van der Waals surface area contributed by atoms with Gasteiger partial charge in [-0.15, -0.1) is 22.7 Å². The predicted molar refractivity (Wildman–Crippen MR) is 140 cm³/mol. The van der Waals surface area contributed by atoms with E-state index in [9.17, 15) is 18.0 Å². The van der Waals surface area contributed by atoms with E-state index in [0.29, 0.717) is 24.5 Å². The van der Waals surface area contributed by atoms with E-state index in [1.807, 2.05) is 17.5 Å². The topological polar surface area (TPSA) is 95.6 Å². The number of nitrogens with one attached hydrogen (secondary N) is 2. The number of carbonyl (C=O) groups excluding carboxylic acids is 2. The molecule has 184 valence electrons. The summed E-state index contributed by atoms with van der Waals surface area (Å²) in [6, 6.07) is 12.6. The average molecular weight is 530 g/mol. The van der Waals surface area contributed by atoms with E-state index in [1.165, 1.54) is 20.5 Å². The van der Waals surface area contributed by atoms with Gasteiger partial charge >= 0.3 is 11.8 Å². The molecule has 2 aromatic heterocycles. The van der Waals surface area contributed by atoms with Crippen LogP contribution in [0.5, 0.6) is 0 Å². The van der Waals surface area contributed by atoms with Crippen LogP contribution in [0.2, 0.25) is 0 Å². The van der Waals surface area contributed by atoms with Gasteiger partial charge in [-0.1, -0.05) is 31.0 Å². The molecule has 0 spiro atoms. The zero-order chi connectivity index (χ0) is 24.5. The molecule has 35 heavy (non-hydrogen) atoms. The number of benzene rings is 1. The van der Waals surface area contributed by atoms with Gasteiger partial charge in [-0.25, -0.2) is 8.42 Å². The van der Waals surface area contributed by atoms with Crippen LogP contribution in [0.25, 0.3) is 0 Å². The third kappa shape index (κ3) is 4.74.